The van der Waals surface area contributed by atoms with Gasteiger partial charge in [-0.3, -0.25) is 9.59 Å². The second kappa shape index (κ2) is 19.0. The van der Waals surface area contributed by atoms with Crippen molar-refractivity contribution in [3.8, 4) is 0 Å². The zero-order valence-electron chi connectivity index (χ0n) is 32.2. The average molecular weight is 952 g/mol. The lowest BCUT2D eigenvalue weighted by molar-refractivity contribution is -0.144. The zero-order valence-corrected chi connectivity index (χ0v) is 33.8. The lowest BCUT2D eigenvalue weighted by atomic mass is 9.86. The van der Waals surface area contributed by atoms with Crippen molar-refractivity contribution in [2.24, 2.45) is 0 Å². The predicted molar refractivity (Wildman–Crippen MR) is 205 cm³/mol. The molecule has 4 aromatic rings. The molecule has 62 heavy (non-hydrogen) atoms. The number of alkyl halides is 12. The van der Waals surface area contributed by atoms with Crippen LogP contribution in [0.25, 0.3) is 6.08 Å². The highest BCUT2D eigenvalue weighted by atomic mass is 79.9. The summed E-state index contributed by atoms with van der Waals surface area (Å²) in [5.41, 5.74) is -3.43. The van der Waals surface area contributed by atoms with Crippen LogP contribution in [0.5, 0.6) is 0 Å². The first kappa shape index (κ1) is 47.7. The summed E-state index contributed by atoms with van der Waals surface area (Å²) in [5, 5.41) is 5.15. The van der Waals surface area contributed by atoms with Gasteiger partial charge in [-0.1, -0.05) is 40.2 Å². The highest BCUT2D eigenvalue weighted by molar-refractivity contribution is 9.10. The third-order valence-corrected chi connectivity index (χ3v) is 10.4. The smallest absolute Gasteiger partial charge is 0.416 e. The summed E-state index contributed by atoms with van der Waals surface area (Å²) in [4.78, 5) is 36.7. The third kappa shape index (κ3) is 12.4. The Morgan fingerprint density at radius 2 is 1.02 bits per heavy atom. The summed E-state index contributed by atoms with van der Waals surface area (Å²) < 4.78 is 162. The van der Waals surface area contributed by atoms with Crippen LogP contribution in [0.4, 0.5) is 52.7 Å². The molecule has 0 saturated carbocycles. The number of fused-ring (bicyclic) bond motifs is 2. The Bertz CT molecular complexity index is 2270. The number of benzene rings is 4. The number of amides is 2. The molecule has 0 saturated heterocycles. The van der Waals surface area contributed by atoms with Gasteiger partial charge in [0.15, 0.2) is 0 Å². The van der Waals surface area contributed by atoms with Gasteiger partial charge in [0.25, 0.3) is 11.8 Å². The van der Waals surface area contributed by atoms with Crippen molar-refractivity contribution >= 4 is 39.8 Å². The molecule has 2 aliphatic rings. The normalized spacial score (nSPS) is 16.7. The van der Waals surface area contributed by atoms with Crippen molar-refractivity contribution in [3.63, 3.8) is 0 Å². The first-order chi connectivity index (χ1) is 28.8. The van der Waals surface area contributed by atoms with E-state index < -0.39 is 88.0 Å². The van der Waals surface area contributed by atoms with Crippen molar-refractivity contribution in [1.82, 2.24) is 10.6 Å². The average Bonchev–Trinajstić information content (AvgIpc) is 3.18. The van der Waals surface area contributed by atoms with Gasteiger partial charge in [0.1, 0.15) is 0 Å². The van der Waals surface area contributed by atoms with E-state index in [1.807, 2.05) is 12.1 Å². The van der Waals surface area contributed by atoms with Crippen LogP contribution in [-0.4, -0.2) is 24.4 Å². The largest absolute Gasteiger partial charge is 0.463 e. The monoisotopic (exact) mass is 950 g/mol. The molecule has 2 N–H and O–H groups in total. The summed E-state index contributed by atoms with van der Waals surface area (Å²) in [6, 6.07) is 11.3. The van der Waals surface area contributed by atoms with Crippen LogP contribution in [0.2, 0.25) is 0 Å². The summed E-state index contributed by atoms with van der Waals surface area (Å²) in [6.45, 7) is 1.92. The lowest BCUT2D eigenvalue weighted by Crippen LogP contribution is -2.31. The number of hydrogen-bond donors (Lipinski definition) is 2. The first-order valence-electron chi connectivity index (χ1n) is 18.8. The van der Waals surface area contributed by atoms with Gasteiger partial charge in [-0.15, -0.1) is 0 Å². The van der Waals surface area contributed by atoms with Crippen LogP contribution < -0.4 is 10.6 Å². The first-order valence-corrected chi connectivity index (χ1v) is 19.6. The summed E-state index contributed by atoms with van der Waals surface area (Å²) in [5.74, 6) is -2.50. The zero-order chi connectivity index (χ0) is 45.8. The SMILES string of the molecule is CCOC(=O)/C=C/c1ccc2c(c1)CCCC2NC(=O)c1cc(C(F)(F)F)cc(C(F)(F)F)c1.O=C(NC1CCCc2cc(Br)ccc21)c1cc(C(F)(F)F)cc(C(F)(F)F)c1. The fourth-order valence-corrected chi connectivity index (χ4v) is 7.44. The second-order valence-electron chi connectivity index (χ2n) is 14.3. The Morgan fingerprint density at radius 3 is 1.42 bits per heavy atom. The van der Waals surface area contributed by atoms with Crippen LogP contribution in [0.15, 0.2) is 83.3 Å². The van der Waals surface area contributed by atoms with E-state index in [-0.39, 0.29) is 18.7 Å². The van der Waals surface area contributed by atoms with Gasteiger partial charge < -0.3 is 15.4 Å². The fraction of sp³-hybridized carbons (Fsp3) is 0.326. The molecule has 19 heteroatoms. The molecule has 2 atom stereocenters. The van der Waals surface area contributed by atoms with E-state index in [2.05, 4.69) is 26.6 Å². The molecule has 2 amide bonds. The molecule has 0 fully saturated rings. The number of rotatable bonds is 7. The summed E-state index contributed by atoms with van der Waals surface area (Å²) in [7, 11) is 0. The Kier molecular flexibility index (Phi) is 14.6. The number of nitrogens with one attached hydrogen (secondary N) is 2. The molecule has 0 radical (unpaired) electrons. The molecule has 4 aromatic carbocycles. The maximum absolute atomic E-state index is 13.1. The van der Waals surface area contributed by atoms with E-state index in [1.54, 1.807) is 37.3 Å². The van der Waals surface area contributed by atoms with Crippen molar-refractivity contribution in [2.45, 2.75) is 82.2 Å². The maximum atomic E-state index is 13.1. The van der Waals surface area contributed by atoms with Crippen LogP contribution in [0, 0.1) is 0 Å². The highest BCUT2D eigenvalue weighted by Gasteiger charge is 2.39. The van der Waals surface area contributed by atoms with Crippen LogP contribution >= 0.6 is 15.9 Å². The van der Waals surface area contributed by atoms with E-state index >= 15 is 0 Å². The molecule has 6 rings (SSSR count). The van der Waals surface area contributed by atoms with Gasteiger partial charge in [-0.2, -0.15) is 52.7 Å². The maximum Gasteiger partial charge on any atom is 0.416 e. The predicted octanol–water partition coefficient (Wildman–Crippen LogP) is 12.4. The number of carbonyl (C=O) groups is 3. The van der Waals surface area contributed by atoms with E-state index in [0.717, 1.165) is 39.6 Å². The van der Waals surface area contributed by atoms with Crippen LogP contribution in [0.1, 0.15) is 115 Å². The molecule has 0 bridgehead atoms. The van der Waals surface area contributed by atoms with Crippen molar-refractivity contribution in [2.75, 3.05) is 6.61 Å². The van der Waals surface area contributed by atoms with Gasteiger partial charge in [-0.25, -0.2) is 4.79 Å². The number of carbonyl (C=O) groups excluding carboxylic acids is 3. The third-order valence-electron chi connectivity index (χ3n) is 9.91. The lowest BCUT2D eigenvalue weighted by Gasteiger charge is -2.27. The molecule has 2 unspecified atom stereocenters. The van der Waals surface area contributed by atoms with E-state index in [9.17, 15) is 67.1 Å². The number of esters is 1. The molecule has 0 aromatic heterocycles. The highest BCUT2D eigenvalue weighted by Crippen LogP contribution is 2.39. The van der Waals surface area contributed by atoms with Gasteiger partial charge >= 0.3 is 30.7 Å². The molecule has 2 aliphatic carbocycles. The standard InChI is InChI=1S/C24H21F6NO3.C19H14BrF6NO/c1-2-34-21(32)9-7-14-6-8-19-15(10-14)4-3-5-20(19)31-22(33)16-11-17(23(25,26)27)13-18(12-16)24(28,29)30;20-14-4-5-15-10(8-14)2-1-3-16(15)27-17(28)11-6-12(18(21,22)23)9-13(7-11)19(24,25)26/h6-13,20H,2-5H2,1H3,(H,31,33);4-9,16H,1-3H2,(H,27,28)/b9-7+;. The Labute approximate surface area is 354 Å². The molecular formula is C43H35BrF12N2O4. The van der Waals surface area contributed by atoms with Crippen molar-refractivity contribution in [3.05, 3.63) is 145 Å². The minimum absolute atomic E-state index is 0.00418. The van der Waals surface area contributed by atoms with Gasteiger partial charge in [0, 0.05) is 21.7 Å². The van der Waals surface area contributed by atoms with Gasteiger partial charge in [0.05, 0.1) is 40.9 Å². The minimum Gasteiger partial charge on any atom is -0.463 e. The quantitative estimate of drug-likeness (QED) is 0.110. The van der Waals surface area contributed by atoms with Gasteiger partial charge in [-0.05, 0) is 128 Å². The summed E-state index contributed by atoms with van der Waals surface area (Å²) >= 11 is 3.35. The second-order valence-corrected chi connectivity index (χ2v) is 15.2. The topological polar surface area (TPSA) is 84.5 Å². The van der Waals surface area contributed by atoms with E-state index in [4.69, 9.17) is 4.74 Å². The van der Waals surface area contributed by atoms with Crippen LogP contribution in [-0.2, 0) is 47.1 Å². The van der Waals surface area contributed by atoms with E-state index in [1.165, 1.54) is 6.08 Å². The number of aryl methyl sites for hydroxylation is 2. The molecule has 0 heterocycles. The Morgan fingerprint density at radius 1 is 0.613 bits per heavy atom. The number of ether oxygens (including phenoxy) is 1. The number of halogens is 13. The molecule has 0 spiro atoms. The van der Waals surface area contributed by atoms with E-state index in [0.29, 0.717) is 55.5 Å². The Balaban J connectivity index is 0.000000238. The molecular weight excluding hydrogens is 916 g/mol. The Hall–Kier alpha value is -5.33. The van der Waals surface area contributed by atoms with Crippen molar-refractivity contribution in [1.29, 1.82) is 0 Å². The summed E-state index contributed by atoms with van der Waals surface area (Å²) in [6.07, 6.45) is -13.4. The van der Waals surface area contributed by atoms with Crippen molar-refractivity contribution < 1.29 is 71.8 Å². The molecule has 6 nitrogen and oxygen atoms in total. The molecule has 332 valence electrons. The van der Waals surface area contributed by atoms with Gasteiger partial charge in [0.2, 0.25) is 0 Å². The fourth-order valence-electron chi connectivity index (χ4n) is 7.03. The minimum atomic E-state index is -5.04. The molecule has 0 aliphatic heterocycles. The van der Waals surface area contributed by atoms with Crippen LogP contribution in [0.3, 0.4) is 0 Å². The number of hydrogen-bond acceptors (Lipinski definition) is 4.